The molecule has 0 saturated carbocycles. The van der Waals surface area contributed by atoms with Crippen LogP contribution in [0.3, 0.4) is 0 Å². The third-order valence-corrected chi connectivity index (χ3v) is 4.66. The number of hydrogen-bond donors (Lipinski definition) is 3. The molecule has 2 heterocycles. The van der Waals surface area contributed by atoms with Crippen LogP contribution in [-0.2, 0) is 4.79 Å². The van der Waals surface area contributed by atoms with E-state index in [1.165, 1.54) is 18.2 Å². The molecule has 24 heavy (non-hydrogen) atoms. The summed E-state index contributed by atoms with van der Waals surface area (Å²) in [4.78, 5) is 36.1. The zero-order valence-corrected chi connectivity index (χ0v) is 13.6. The lowest BCUT2D eigenvalue weighted by molar-refractivity contribution is -0.110. The zero-order chi connectivity index (χ0) is 17.0. The molecule has 0 bridgehead atoms. The molecule has 2 aromatic rings. The summed E-state index contributed by atoms with van der Waals surface area (Å²) >= 11 is 3.37. The summed E-state index contributed by atoms with van der Waals surface area (Å²) in [5.74, 6) is -1.88. The van der Waals surface area contributed by atoms with Crippen LogP contribution in [0, 0.1) is 0 Å². The van der Waals surface area contributed by atoms with Gasteiger partial charge in [-0.3, -0.25) is 9.59 Å². The lowest BCUT2D eigenvalue weighted by Crippen LogP contribution is -2.11. The first-order valence-electron chi connectivity index (χ1n) is 7.01. The number of carboxylic acids is 1. The van der Waals surface area contributed by atoms with Crippen LogP contribution in [0.5, 0.6) is 0 Å². The van der Waals surface area contributed by atoms with Gasteiger partial charge in [0.25, 0.3) is 5.91 Å². The number of carbonyl (C=O) groups excluding carboxylic acids is 2. The summed E-state index contributed by atoms with van der Waals surface area (Å²) in [6, 6.07) is 9.58. The number of amides is 1. The number of Topliss-reactive ketones (excluding diaryl/α,β-unsaturated/α-hetero) is 1. The topological polar surface area (TPSA) is 95.5 Å². The number of carboxylic acid groups (broad SMARTS) is 1. The second-order valence-corrected chi connectivity index (χ2v) is 6.24. The van der Waals surface area contributed by atoms with Gasteiger partial charge in [0.05, 0.1) is 16.8 Å². The first-order valence-corrected chi connectivity index (χ1v) is 7.80. The van der Waals surface area contributed by atoms with Gasteiger partial charge in [-0.25, -0.2) is 4.79 Å². The highest BCUT2D eigenvalue weighted by Gasteiger charge is 2.35. The summed E-state index contributed by atoms with van der Waals surface area (Å²) in [6.45, 7) is 0. The number of aromatic carboxylic acids is 1. The van der Waals surface area contributed by atoms with E-state index in [9.17, 15) is 14.4 Å². The third kappa shape index (κ3) is 1.98. The maximum Gasteiger partial charge on any atom is 0.335 e. The molecule has 0 saturated heterocycles. The van der Waals surface area contributed by atoms with Gasteiger partial charge < -0.3 is 15.7 Å². The predicted molar refractivity (Wildman–Crippen MR) is 91.0 cm³/mol. The average molecular weight is 385 g/mol. The fourth-order valence-electron chi connectivity index (χ4n) is 2.88. The zero-order valence-electron chi connectivity index (χ0n) is 12.0. The lowest BCUT2D eigenvalue weighted by atomic mass is 10.0. The van der Waals surface area contributed by atoms with Crippen molar-refractivity contribution in [2.45, 2.75) is 0 Å². The number of para-hydroxylation sites is 1. The van der Waals surface area contributed by atoms with Gasteiger partial charge in [0, 0.05) is 21.3 Å². The number of carbonyl (C=O) groups is 3. The molecule has 0 spiro atoms. The van der Waals surface area contributed by atoms with Crippen molar-refractivity contribution < 1.29 is 19.5 Å². The van der Waals surface area contributed by atoms with E-state index in [-0.39, 0.29) is 28.3 Å². The Bertz CT molecular complexity index is 994. The fourth-order valence-corrected chi connectivity index (χ4v) is 3.35. The van der Waals surface area contributed by atoms with Gasteiger partial charge in [-0.05, 0) is 40.2 Å². The minimum absolute atomic E-state index is 0.0224. The Hall–Kier alpha value is -2.93. The number of anilines is 2. The van der Waals surface area contributed by atoms with E-state index < -0.39 is 11.8 Å². The number of allylic oxidation sites excluding steroid dienone is 1. The van der Waals surface area contributed by atoms with E-state index in [4.69, 9.17) is 5.11 Å². The molecule has 6 nitrogen and oxygen atoms in total. The van der Waals surface area contributed by atoms with Gasteiger partial charge in [0.15, 0.2) is 0 Å². The van der Waals surface area contributed by atoms with Gasteiger partial charge in [-0.1, -0.05) is 12.1 Å². The van der Waals surface area contributed by atoms with E-state index in [1.807, 2.05) is 0 Å². The molecule has 0 fully saturated rings. The van der Waals surface area contributed by atoms with Crippen LogP contribution in [0.2, 0.25) is 0 Å². The van der Waals surface area contributed by atoms with Crippen LogP contribution in [0.25, 0.3) is 5.57 Å². The third-order valence-electron chi connectivity index (χ3n) is 4.00. The van der Waals surface area contributed by atoms with Crippen molar-refractivity contribution in [3.8, 4) is 0 Å². The van der Waals surface area contributed by atoms with Crippen LogP contribution in [0.15, 0.2) is 46.6 Å². The number of hydrogen-bond acceptors (Lipinski definition) is 4. The van der Waals surface area contributed by atoms with Crippen LogP contribution in [0.4, 0.5) is 11.4 Å². The van der Waals surface area contributed by atoms with Crippen LogP contribution < -0.4 is 10.6 Å². The summed E-state index contributed by atoms with van der Waals surface area (Å²) in [7, 11) is 0. The number of nitrogens with one attached hydrogen (secondary N) is 2. The van der Waals surface area contributed by atoms with Crippen molar-refractivity contribution in [1.82, 2.24) is 0 Å². The lowest BCUT2D eigenvalue weighted by Gasteiger charge is -2.03. The van der Waals surface area contributed by atoms with Crippen molar-refractivity contribution in [3.63, 3.8) is 0 Å². The van der Waals surface area contributed by atoms with E-state index >= 15 is 0 Å². The van der Waals surface area contributed by atoms with Gasteiger partial charge in [0.1, 0.15) is 5.70 Å². The van der Waals surface area contributed by atoms with Crippen molar-refractivity contribution >= 4 is 50.5 Å². The van der Waals surface area contributed by atoms with Crippen LogP contribution >= 0.6 is 15.9 Å². The average Bonchev–Trinajstić information content (AvgIpc) is 3.05. The molecule has 0 aromatic heterocycles. The Kier molecular flexibility index (Phi) is 3.07. The fraction of sp³-hybridized carbons (Fsp3) is 0. The number of benzene rings is 2. The minimum Gasteiger partial charge on any atom is -0.478 e. The van der Waals surface area contributed by atoms with Crippen LogP contribution in [-0.4, -0.2) is 22.8 Å². The molecular formula is C17H9BrN2O4. The monoisotopic (exact) mass is 384 g/mol. The van der Waals surface area contributed by atoms with E-state index in [0.29, 0.717) is 16.9 Å². The number of rotatable bonds is 1. The Morgan fingerprint density at radius 2 is 1.83 bits per heavy atom. The summed E-state index contributed by atoms with van der Waals surface area (Å²) in [5, 5.41) is 14.8. The second kappa shape index (κ2) is 5.04. The Morgan fingerprint density at radius 1 is 1.04 bits per heavy atom. The molecule has 118 valence electrons. The highest BCUT2D eigenvalue weighted by molar-refractivity contribution is 9.10. The van der Waals surface area contributed by atoms with Gasteiger partial charge in [0.2, 0.25) is 5.78 Å². The highest BCUT2D eigenvalue weighted by atomic mass is 79.9. The van der Waals surface area contributed by atoms with E-state index in [0.717, 1.165) is 4.47 Å². The van der Waals surface area contributed by atoms with Gasteiger partial charge in [-0.15, -0.1) is 0 Å². The Labute approximate surface area is 144 Å². The molecule has 7 heteroatoms. The summed E-state index contributed by atoms with van der Waals surface area (Å²) in [6.07, 6.45) is 0. The van der Waals surface area contributed by atoms with Gasteiger partial charge in [-0.2, -0.15) is 0 Å². The van der Waals surface area contributed by atoms with E-state index in [1.54, 1.807) is 18.2 Å². The molecule has 0 atom stereocenters. The number of fused-ring (bicyclic) bond motifs is 2. The molecular weight excluding hydrogens is 376 g/mol. The molecule has 1 amide bonds. The maximum absolute atomic E-state index is 12.7. The van der Waals surface area contributed by atoms with Crippen molar-refractivity contribution in [1.29, 1.82) is 0 Å². The molecule has 0 unspecified atom stereocenters. The minimum atomic E-state index is -1.11. The largest absolute Gasteiger partial charge is 0.478 e. The van der Waals surface area contributed by atoms with Crippen molar-refractivity contribution in [3.05, 3.63) is 63.3 Å². The van der Waals surface area contributed by atoms with Crippen molar-refractivity contribution in [2.24, 2.45) is 0 Å². The predicted octanol–water partition coefficient (Wildman–Crippen LogP) is 3.12. The standard InChI is InChI=1S/C17H9BrN2O4/c18-10-3-1-2-8-12(16(22)20-13(8)10)14-15(21)9-6-7(17(23)24)4-5-11(9)19-14/h1-6,19H,(H,20,22)(H,23,24)/b14-12-. The normalized spacial score (nSPS) is 18.0. The van der Waals surface area contributed by atoms with E-state index in [2.05, 4.69) is 26.6 Å². The first-order chi connectivity index (χ1) is 11.5. The SMILES string of the molecule is O=C1Nc2c(Br)cccc2/C1=C1/Nc2ccc(C(=O)O)cc2C1=O. The number of ketones is 1. The first kappa shape index (κ1) is 14.6. The van der Waals surface area contributed by atoms with Crippen LogP contribution in [0.1, 0.15) is 26.3 Å². The Morgan fingerprint density at radius 3 is 2.58 bits per heavy atom. The highest BCUT2D eigenvalue weighted by Crippen LogP contribution is 2.41. The van der Waals surface area contributed by atoms with Gasteiger partial charge >= 0.3 is 5.97 Å². The summed E-state index contributed by atoms with van der Waals surface area (Å²) < 4.78 is 0.722. The smallest absolute Gasteiger partial charge is 0.335 e. The molecule has 2 aliphatic heterocycles. The molecule has 2 aliphatic rings. The summed E-state index contributed by atoms with van der Waals surface area (Å²) in [5.41, 5.74) is 2.40. The second-order valence-electron chi connectivity index (χ2n) is 5.39. The molecule has 3 N–H and O–H groups in total. The molecule has 4 rings (SSSR count). The molecule has 2 aromatic carbocycles. The maximum atomic E-state index is 12.7. The van der Waals surface area contributed by atoms with Crippen molar-refractivity contribution in [2.75, 3.05) is 10.6 Å². The molecule has 0 aliphatic carbocycles. The molecule has 0 radical (unpaired) electrons. The quantitative estimate of drug-likeness (QED) is 0.656. The number of halogens is 1. The Balaban J connectivity index is 1.89.